The largest absolute Gasteiger partial charge is 0.393 e. The molecule has 0 saturated carbocycles. The Morgan fingerprint density at radius 1 is 1.42 bits per heavy atom. The van der Waals surface area contributed by atoms with Gasteiger partial charge in [0.1, 0.15) is 0 Å². The number of rotatable bonds is 3. The van der Waals surface area contributed by atoms with Crippen LogP contribution in [0.3, 0.4) is 0 Å². The number of hydrogen-bond donors (Lipinski definition) is 1. The topological polar surface area (TPSA) is 63.4 Å². The fourth-order valence-electron chi connectivity index (χ4n) is 2.19. The number of aliphatic hydroxyl groups excluding tert-OH is 1. The second-order valence-electron chi connectivity index (χ2n) is 4.56. The number of hydrogen-bond acceptors (Lipinski definition) is 4. The van der Waals surface area contributed by atoms with Gasteiger partial charge in [-0.05, 0) is 48.0 Å². The van der Waals surface area contributed by atoms with E-state index in [1.165, 1.54) is 0 Å². The molecule has 2 unspecified atom stereocenters. The average Bonchev–Trinajstić information content (AvgIpc) is 2.30. The van der Waals surface area contributed by atoms with Crippen molar-refractivity contribution in [2.24, 2.45) is 5.92 Å². The molecular formula is C12H13F2NO3S. The fraction of sp³-hybridized carbons (Fsp3) is 0.500. The van der Waals surface area contributed by atoms with Crippen LogP contribution >= 0.6 is 11.8 Å². The lowest BCUT2D eigenvalue weighted by Crippen LogP contribution is -2.29. The van der Waals surface area contributed by atoms with Gasteiger partial charge in [-0.15, -0.1) is 0 Å². The van der Waals surface area contributed by atoms with Crippen LogP contribution < -0.4 is 0 Å². The van der Waals surface area contributed by atoms with Crippen molar-refractivity contribution >= 4 is 17.4 Å². The molecule has 1 aromatic carbocycles. The normalized spacial score (nSPS) is 23.3. The summed E-state index contributed by atoms with van der Waals surface area (Å²) in [6, 6.07) is 1.96. The van der Waals surface area contributed by atoms with Crippen LogP contribution in [0.15, 0.2) is 12.1 Å². The molecule has 104 valence electrons. The summed E-state index contributed by atoms with van der Waals surface area (Å²) in [5.41, 5.74) is -0.783. The second-order valence-corrected chi connectivity index (χ2v) is 5.71. The summed E-state index contributed by atoms with van der Waals surface area (Å²) >= 11 is 1.69. The van der Waals surface area contributed by atoms with Crippen molar-refractivity contribution in [1.29, 1.82) is 0 Å². The van der Waals surface area contributed by atoms with Crippen molar-refractivity contribution in [3.63, 3.8) is 0 Å². The minimum Gasteiger partial charge on any atom is -0.393 e. The standard InChI is InChI=1S/C12H13F2NO3S/c13-9-4-7(5-10(14)12(9)15(17)18)3-8-6-19-2-1-11(8)16/h4-5,8,11,16H,1-3,6H2. The van der Waals surface area contributed by atoms with Crippen molar-refractivity contribution < 1.29 is 18.8 Å². The van der Waals surface area contributed by atoms with Gasteiger partial charge in [-0.3, -0.25) is 10.1 Å². The summed E-state index contributed by atoms with van der Waals surface area (Å²) in [4.78, 5) is 9.41. The maximum Gasteiger partial charge on any atom is 0.340 e. The minimum absolute atomic E-state index is 0.0704. The van der Waals surface area contributed by atoms with E-state index in [9.17, 15) is 24.0 Å². The van der Waals surface area contributed by atoms with Gasteiger partial charge in [0.15, 0.2) is 0 Å². The predicted octanol–water partition coefficient (Wildman–Crippen LogP) is 2.53. The first-order valence-electron chi connectivity index (χ1n) is 5.87. The molecule has 1 saturated heterocycles. The maximum absolute atomic E-state index is 13.5. The zero-order valence-corrected chi connectivity index (χ0v) is 10.8. The first-order valence-corrected chi connectivity index (χ1v) is 7.02. The summed E-state index contributed by atoms with van der Waals surface area (Å²) in [7, 11) is 0. The highest BCUT2D eigenvalue weighted by Gasteiger charge is 2.26. The summed E-state index contributed by atoms with van der Waals surface area (Å²) < 4.78 is 26.9. The number of nitro benzene ring substituents is 1. The van der Waals surface area contributed by atoms with E-state index in [4.69, 9.17) is 0 Å². The molecule has 2 atom stereocenters. The molecule has 1 N–H and O–H groups in total. The van der Waals surface area contributed by atoms with Gasteiger partial charge in [0.2, 0.25) is 11.6 Å². The van der Waals surface area contributed by atoms with E-state index in [1.54, 1.807) is 11.8 Å². The molecule has 19 heavy (non-hydrogen) atoms. The van der Waals surface area contributed by atoms with E-state index in [0.29, 0.717) is 18.4 Å². The molecule has 1 aliphatic heterocycles. The lowest BCUT2D eigenvalue weighted by Gasteiger charge is -2.27. The number of aliphatic hydroxyl groups is 1. The van der Waals surface area contributed by atoms with Gasteiger partial charge in [0.25, 0.3) is 0 Å². The average molecular weight is 289 g/mol. The third-order valence-corrected chi connectivity index (χ3v) is 4.38. The van der Waals surface area contributed by atoms with Crippen LogP contribution in [0.2, 0.25) is 0 Å². The predicted molar refractivity (Wildman–Crippen MR) is 68.2 cm³/mol. The van der Waals surface area contributed by atoms with E-state index in [-0.39, 0.29) is 5.92 Å². The molecule has 1 aromatic rings. The van der Waals surface area contributed by atoms with Crippen LogP contribution in [0.4, 0.5) is 14.5 Å². The van der Waals surface area contributed by atoms with E-state index >= 15 is 0 Å². The third kappa shape index (κ3) is 3.22. The van der Waals surface area contributed by atoms with E-state index in [2.05, 4.69) is 0 Å². The van der Waals surface area contributed by atoms with Gasteiger partial charge < -0.3 is 5.11 Å². The van der Waals surface area contributed by atoms with Crippen molar-refractivity contribution in [3.05, 3.63) is 39.4 Å². The number of benzene rings is 1. The van der Waals surface area contributed by atoms with Crippen LogP contribution in [0.25, 0.3) is 0 Å². The van der Waals surface area contributed by atoms with Crippen molar-refractivity contribution in [3.8, 4) is 0 Å². The van der Waals surface area contributed by atoms with E-state index in [0.717, 1.165) is 23.6 Å². The molecule has 0 amide bonds. The number of thioether (sulfide) groups is 1. The van der Waals surface area contributed by atoms with Crippen molar-refractivity contribution in [2.45, 2.75) is 18.9 Å². The second kappa shape index (κ2) is 5.83. The highest BCUT2D eigenvalue weighted by molar-refractivity contribution is 7.99. The molecule has 2 rings (SSSR count). The molecule has 1 heterocycles. The van der Waals surface area contributed by atoms with E-state index in [1.807, 2.05) is 0 Å². The maximum atomic E-state index is 13.5. The quantitative estimate of drug-likeness (QED) is 0.686. The monoisotopic (exact) mass is 289 g/mol. The van der Waals surface area contributed by atoms with E-state index < -0.39 is 28.3 Å². The van der Waals surface area contributed by atoms with Crippen LogP contribution in [0.1, 0.15) is 12.0 Å². The molecule has 0 bridgehead atoms. The fourth-order valence-corrected chi connectivity index (χ4v) is 3.41. The highest BCUT2D eigenvalue weighted by atomic mass is 32.2. The van der Waals surface area contributed by atoms with Crippen LogP contribution in [0.5, 0.6) is 0 Å². The Morgan fingerprint density at radius 3 is 2.58 bits per heavy atom. The summed E-state index contributed by atoms with van der Waals surface area (Å²) in [6.45, 7) is 0. The van der Waals surface area contributed by atoms with Gasteiger partial charge in [-0.25, -0.2) is 0 Å². The smallest absolute Gasteiger partial charge is 0.340 e. The van der Waals surface area contributed by atoms with Gasteiger partial charge in [-0.2, -0.15) is 20.5 Å². The van der Waals surface area contributed by atoms with Crippen LogP contribution in [-0.4, -0.2) is 27.6 Å². The SMILES string of the molecule is O=[N+]([O-])c1c(F)cc(CC2CSCCC2O)cc1F. The Morgan fingerprint density at radius 2 is 2.05 bits per heavy atom. The third-order valence-electron chi connectivity index (χ3n) is 3.19. The molecule has 4 nitrogen and oxygen atoms in total. The molecule has 7 heteroatoms. The zero-order valence-electron chi connectivity index (χ0n) is 10.0. The molecule has 1 fully saturated rings. The Labute approximate surface area is 113 Å². The summed E-state index contributed by atoms with van der Waals surface area (Å²) in [5, 5.41) is 20.3. The molecule has 0 aromatic heterocycles. The number of halogens is 2. The number of nitrogens with zero attached hydrogens (tertiary/aromatic N) is 1. The lowest BCUT2D eigenvalue weighted by molar-refractivity contribution is -0.390. The van der Waals surface area contributed by atoms with Gasteiger partial charge >= 0.3 is 5.69 Å². The molecule has 0 spiro atoms. The zero-order chi connectivity index (χ0) is 14.0. The first-order chi connectivity index (χ1) is 8.99. The van der Waals surface area contributed by atoms with Crippen LogP contribution in [0, 0.1) is 27.7 Å². The molecule has 0 radical (unpaired) electrons. The Bertz CT molecular complexity index is 475. The van der Waals surface area contributed by atoms with Gasteiger partial charge in [0.05, 0.1) is 11.0 Å². The molecule has 0 aliphatic carbocycles. The number of nitro groups is 1. The van der Waals surface area contributed by atoms with Crippen LogP contribution in [-0.2, 0) is 6.42 Å². The summed E-state index contributed by atoms with van der Waals surface area (Å²) in [6.07, 6.45) is 0.496. The highest BCUT2D eigenvalue weighted by Crippen LogP contribution is 2.29. The lowest BCUT2D eigenvalue weighted by atomic mass is 9.93. The minimum atomic E-state index is -1.17. The van der Waals surface area contributed by atoms with Crippen molar-refractivity contribution in [1.82, 2.24) is 0 Å². The summed E-state index contributed by atoms with van der Waals surface area (Å²) in [5.74, 6) is -0.808. The van der Waals surface area contributed by atoms with Crippen molar-refractivity contribution in [2.75, 3.05) is 11.5 Å². The Kier molecular flexibility index (Phi) is 4.36. The first kappa shape index (κ1) is 14.2. The molecular weight excluding hydrogens is 276 g/mol. The molecule has 1 aliphatic rings. The van der Waals surface area contributed by atoms with Gasteiger partial charge in [0, 0.05) is 0 Å². The Balaban J connectivity index is 2.19. The Hall–Kier alpha value is -1.21. The van der Waals surface area contributed by atoms with Gasteiger partial charge in [-0.1, -0.05) is 0 Å².